The van der Waals surface area contributed by atoms with Gasteiger partial charge in [0.2, 0.25) is 11.8 Å². The molecule has 1 atom stereocenters. The highest BCUT2D eigenvalue weighted by atomic mass is 16.2. The fourth-order valence-corrected chi connectivity index (χ4v) is 3.07. The molecule has 0 radical (unpaired) electrons. The molecule has 1 aliphatic heterocycles. The summed E-state index contributed by atoms with van der Waals surface area (Å²) >= 11 is 0. The Morgan fingerprint density at radius 3 is 2.71 bits per heavy atom. The Labute approximate surface area is 141 Å². The number of carbonyl (C=O) groups is 2. The van der Waals surface area contributed by atoms with Gasteiger partial charge in [-0.2, -0.15) is 0 Å². The van der Waals surface area contributed by atoms with E-state index in [-0.39, 0.29) is 24.2 Å². The summed E-state index contributed by atoms with van der Waals surface area (Å²) in [7, 11) is 0. The Morgan fingerprint density at radius 2 is 2.00 bits per heavy atom. The second kappa shape index (κ2) is 6.43. The second-order valence-corrected chi connectivity index (χ2v) is 6.35. The number of benzene rings is 1. The Kier molecular flexibility index (Phi) is 4.34. The predicted octanol–water partition coefficient (Wildman–Crippen LogP) is 3.00. The molecule has 0 saturated carbocycles. The minimum Gasteiger partial charge on any atom is -0.311 e. The smallest absolute Gasteiger partial charge is 0.230 e. The number of hydrogen-bond donors (Lipinski definition) is 1. The zero-order valence-electron chi connectivity index (χ0n) is 14.2. The van der Waals surface area contributed by atoms with Crippen LogP contribution in [0.25, 0.3) is 0 Å². The fraction of sp³-hybridized carbons (Fsp3) is 0.316. The Balaban J connectivity index is 1.73. The Hall–Kier alpha value is -2.69. The molecule has 24 heavy (non-hydrogen) atoms. The molecule has 2 amide bonds. The lowest BCUT2D eigenvalue weighted by Gasteiger charge is -2.19. The number of aromatic nitrogens is 1. The van der Waals surface area contributed by atoms with E-state index in [4.69, 9.17) is 0 Å². The van der Waals surface area contributed by atoms with Crippen LogP contribution in [0.3, 0.4) is 0 Å². The predicted molar refractivity (Wildman–Crippen MR) is 94.0 cm³/mol. The number of carbonyl (C=O) groups excluding carboxylic acids is 2. The first-order valence-corrected chi connectivity index (χ1v) is 8.06. The lowest BCUT2D eigenvalue weighted by molar-refractivity contribution is -0.122. The SMILES string of the molecule is Cc1ccc(N2CC(C(=O)Nc3cccc(C)n3)CC2=O)c(C)c1. The van der Waals surface area contributed by atoms with Crippen molar-refractivity contribution in [3.63, 3.8) is 0 Å². The molecular weight excluding hydrogens is 302 g/mol. The third-order valence-corrected chi connectivity index (χ3v) is 4.28. The van der Waals surface area contributed by atoms with Gasteiger partial charge in [0, 0.05) is 24.3 Å². The van der Waals surface area contributed by atoms with Gasteiger partial charge >= 0.3 is 0 Å². The van der Waals surface area contributed by atoms with Gasteiger partial charge in [0.25, 0.3) is 0 Å². The van der Waals surface area contributed by atoms with Gasteiger partial charge < -0.3 is 10.2 Å². The van der Waals surface area contributed by atoms with Crippen molar-refractivity contribution < 1.29 is 9.59 Å². The molecule has 1 unspecified atom stereocenters. The normalized spacial score (nSPS) is 17.2. The maximum absolute atomic E-state index is 12.5. The molecule has 2 heterocycles. The van der Waals surface area contributed by atoms with Crippen LogP contribution in [-0.2, 0) is 9.59 Å². The fourth-order valence-electron chi connectivity index (χ4n) is 3.07. The zero-order chi connectivity index (χ0) is 17.3. The van der Waals surface area contributed by atoms with E-state index in [1.807, 2.05) is 51.1 Å². The van der Waals surface area contributed by atoms with E-state index in [9.17, 15) is 9.59 Å². The van der Waals surface area contributed by atoms with Crippen LogP contribution in [0.15, 0.2) is 36.4 Å². The van der Waals surface area contributed by atoms with E-state index in [0.717, 1.165) is 22.5 Å². The third kappa shape index (κ3) is 3.30. The number of anilines is 2. The number of pyridine rings is 1. The molecule has 0 bridgehead atoms. The van der Waals surface area contributed by atoms with Gasteiger partial charge in [-0.15, -0.1) is 0 Å². The van der Waals surface area contributed by atoms with Crippen molar-refractivity contribution in [2.24, 2.45) is 5.92 Å². The third-order valence-electron chi connectivity index (χ3n) is 4.28. The van der Waals surface area contributed by atoms with Gasteiger partial charge in [0.05, 0.1) is 5.92 Å². The summed E-state index contributed by atoms with van der Waals surface area (Å²) in [6.45, 7) is 6.28. The molecular formula is C19H21N3O2. The van der Waals surface area contributed by atoms with Crippen LogP contribution >= 0.6 is 0 Å². The lowest BCUT2D eigenvalue weighted by Crippen LogP contribution is -2.28. The summed E-state index contributed by atoms with van der Waals surface area (Å²) in [5.41, 5.74) is 3.93. The van der Waals surface area contributed by atoms with Gasteiger partial charge in [-0.25, -0.2) is 4.98 Å². The highest BCUT2D eigenvalue weighted by Crippen LogP contribution is 2.29. The summed E-state index contributed by atoms with van der Waals surface area (Å²) in [5.74, 6) is -0.00838. The number of nitrogens with one attached hydrogen (secondary N) is 1. The van der Waals surface area contributed by atoms with Crippen molar-refractivity contribution in [2.75, 3.05) is 16.8 Å². The van der Waals surface area contributed by atoms with Gasteiger partial charge in [-0.05, 0) is 44.5 Å². The molecule has 1 saturated heterocycles. The van der Waals surface area contributed by atoms with Crippen molar-refractivity contribution in [2.45, 2.75) is 27.2 Å². The molecule has 0 aliphatic carbocycles. The summed E-state index contributed by atoms with van der Waals surface area (Å²) in [4.78, 5) is 30.8. The average molecular weight is 323 g/mol. The quantitative estimate of drug-likeness (QED) is 0.944. The van der Waals surface area contributed by atoms with E-state index >= 15 is 0 Å². The zero-order valence-corrected chi connectivity index (χ0v) is 14.2. The van der Waals surface area contributed by atoms with E-state index in [2.05, 4.69) is 10.3 Å². The summed E-state index contributed by atoms with van der Waals surface area (Å²) in [6.07, 6.45) is 0.227. The second-order valence-electron chi connectivity index (χ2n) is 6.35. The molecule has 5 nitrogen and oxygen atoms in total. The number of nitrogens with zero attached hydrogens (tertiary/aromatic N) is 2. The van der Waals surface area contributed by atoms with Crippen molar-refractivity contribution in [3.05, 3.63) is 53.2 Å². The molecule has 1 fully saturated rings. The van der Waals surface area contributed by atoms with Crippen molar-refractivity contribution in [1.82, 2.24) is 4.98 Å². The number of aryl methyl sites for hydroxylation is 3. The maximum Gasteiger partial charge on any atom is 0.230 e. The maximum atomic E-state index is 12.5. The van der Waals surface area contributed by atoms with Crippen LogP contribution in [0.5, 0.6) is 0 Å². The van der Waals surface area contributed by atoms with E-state index in [1.54, 1.807) is 11.0 Å². The van der Waals surface area contributed by atoms with Gasteiger partial charge in [-0.1, -0.05) is 23.8 Å². The highest BCUT2D eigenvalue weighted by molar-refractivity contribution is 6.03. The first kappa shape index (κ1) is 16.2. The van der Waals surface area contributed by atoms with Crippen LogP contribution in [0.1, 0.15) is 23.2 Å². The van der Waals surface area contributed by atoms with Gasteiger partial charge in [0.1, 0.15) is 5.82 Å². The number of amides is 2. The van der Waals surface area contributed by atoms with E-state index < -0.39 is 0 Å². The minimum atomic E-state index is -0.361. The monoisotopic (exact) mass is 323 g/mol. The van der Waals surface area contributed by atoms with Crippen LogP contribution in [0.2, 0.25) is 0 Å². The van der Waals surface area contributed by atoms with Crippen LogP contribution in [0, 0.1) is 26.7 Å². The van der Waals surface area contributed by atoms with Crippen molar-refractivity contribution in [1.29, 1.82) is 0 Å². The Morgan fingerprint density at radius 1 is 1.21 bits per heavy atom. The largest absolute Gasteiger partial charge is 0.311 e. The highest BCUT2D eigenvalue weighted by Gasteiger charge is 2.35. The van der Waals surface area contributed by atoms with E-state index in [1.165, 1.54) is 0 Å². The molecule has 2 aromatic rings. The molecule has 1 N–H and O–H groups in total. The van der Waals surface area contributed by atoms with Crippen molar-refractivity contribution in [3.8, 4) is 0 Å². The van der Waals surface area contributed by atoms with Gasteiger partial charge in [0.15, 0.2) is 0 Å². The molecule has 3 rings (SSSR count). The summed E-state index contributed by atoms with van der Waals surface area (Å²) < 4.78 is 0. The van der Waals surface area contributed by atoms with Crippen molar-refractivity contribution >= 4 is 23.3 Å². The standard InChI is InChI=1S/C19H21N3O2/c1-12-7-8-16(13(2)9-12)22-11-15(10-18(22)23)19(24)21-17-6-4-5-14(3)20-17/h4-9,15H,10-11H2,1-3H3,(H,20,21,24). The summed E-state index contributed by atoms with van der Waals surface area (Å²) in [5, 5.41) is 2.81. The molecule has 5 heteroatoms. The Bertz CT molecular complexity index is 801. The topological polar surface area (TPSA) is 62.3 Å². The lowest BCUT2D eigenvalue weighted by atomic mass is 10.1. The molecule has 1 aromatic carbocycles. The number of rotatable bonds is 3. The van der Waals surface area contributed by atoms with Crippen LogP contribution < -0.4 is 10.2 Å². The molecule has 1 aromatic heterocycles. The van der Waals surface area contributed by atoms with E-state index in [0.29, 0.717) is 12.4 Å². The van der Waals surface area contributed by atoms with Crippen LogP contribution in [0.4, 0.5) is 11.5 Å². The molecule has 0 spiro atoms. The molecule has 1 aliphatic rings. The first-order valence-electron chi connectivity index (χ1n) is 8.06. The molecule has 124 valence electrons. The van der Waals surface area contributed by atoms with Gasteiger partial charge in [-0.3, -0.25) is 9.59 Å². The summed E-state index contributed by atoms with van der Waals surface area (Å²) in [6, 6.07) is 11.5. The average Bonchev–Trinajstić information content (AvgIpc) is 2.89. The first-order chi connectivity index (χ1) is 11.4. The minimum absolute atomic E-state index is 0.0145. The van der Waals surface area contributed by atoms with Crippen LogP contribution in [-0.4, -0.2) is 23.3 Å². The number of hydrogen-bond acceptors (Lipinski definition) is 3.